The quantitative estimate of drug-likeness (QED) is 0.823. The third-order valence-electron chi connectivity index (χ3n) is 2.14. The first-order valence-corrected chi connectivity index (χ1v) is 4.96. The van der Waals surface area contributed by atoms with Crippen molar-refractivity contribution < 1.29 is 9.90 Å². The summed E-state index contributed by atoms with van der Waals surface area (Å²) in [6.07, 6.45) is 0. The van der Waals surface area contributed by atoms with Crippen LogP contribution in [0, 0.1) is 0 Å². The first kappa shape index (κ1) is 10.3. The number of carboxylic acids is 1. The van der Waals surface area contributed by atoms with Gasteiger partial charge in [-0.1, -0.05) is 35.3 Å². The van der Waals surface area contributed by atoms with E-state index in [1.807, 2.05) is 0 Å². The molecule has 0 atom stereocenters. The molecule has 0 aliphatic rings. The molecule has 0 unspecified atom stereocenters. The van der Waals surface area contributed by atoms with E-state index < -0.39 is 5.97 Å². The van der Waals surface area contributed by atoms with Gasteiger partial charge in [0.2, 0.25) is 0 Å². The monoisotopic (exact) mass is 240 g/mol. The van der Waals surface area contributed by atoms with Crippen LogP contribution in [0.25, 0.3) is 10.8 Å². The number of halogens is 2. The van der Waals surface area contributed by atoms with E-state index in [9.17, 15) is 4.79 Å². The lowest BCUT2D eigenvalue weighted by molar-refractivity contribution is 0.0699. The van der Waals surface area contributed by atoms with E-state index in [1.165, 1.54) is 6.07 Å². The molecule has 0 aliphatic carbocycles. The number of hydrogen-bond donors (Lipinski definition) is 1. The van der Waals surface area contributed by atoms with Crippen molar-refractivity contribution in [2.45, 2.75) is 0 Å². The first-order valence-electron chi connectivity index (χ1n) is 4.20. The standard InChI is InChI=1S/C11H6Cl2O2/c12-6-4-9-7(10(13)5-6)2-1-3-8(9)11(14)15/h1-5H,(H,14,15). The second-order valence-corrected chi connectivity index (χ2v) is 3.94. The van der Waals surface area contributed by atoms with Gasteiger partial charge in [-0.25, -0.2) is 4.79 Å². The zero-order chi connectivity index (χ0) is 11.0. The molecule has 0 saturated heterocycles. The number of benzene rings is 2. The zero-order valence-corrected chi connectivity index (χ0v) is 9.01. The summed E-state index contributed by atoms with van der Waals surface area (Å²) < 4.78 is 0. The lowest BCUT2D eigenvalue weighted by Gasteiger charge is -2.04. The van der Waals surface area contributed by atoms with Crippen LogP contribution in [0.3, 0.4) is 0 Å². The third kappa shape index (κ3) is 1.78. The second kappa shape index (κ2) is 3.72. The topological polar surface area (TPSA) is 37.3 Å². The Hall–Kier alpha value is -1.25. The van der Waals surface area contributed by atoms with Crippen molar-refractivity contribution in [1.82, 2.24) is 0 Å². The SMILES string of the molecule is O=C(O)c1cccc2c(Cl)cc(Cl)cc12. The van der Waals surface area contributed by atoms with E-state index >= 15 is 0 Å². The molecule has 1 N–H and O–H groups in total. The van der Waals surface area contributed by atoms with E-state index in [0.717, 1.165) is 0 Å². The maximum absolute atomic E-state index is 11.0. The summed E-state index contributed by atoms with van der Waals surface area (Å²) in [6.45, 7) is 0. The minimum Gasteiger partial charge on any atom is -0.478 e. The number of hydrogen-bond acceptors (Lipinski definition) is 1. The number of carboxylic acid groups (broad SMARTS) is 1. The van der Waals surface area contributed by atoms with Gasteiger partial charge in [-0.05, 0) is 23.6 Å². The van der Waals surface area contributed by atoms with E-state index in [4.69, 9.17) is 28.3 Å². The van der Waals surface area contributed by atoms with Gasteiger partial charge in [-0.3, -0.25) is 0 Å². The predicted octanol–water partition coefficient (Wildman–Crippen LogP) is 3.84. The van der Waals surface area contributed by atoms with Crippen LogP contribution in [0.4, 0.5) is 0 Å². The Kier molecular flexibility index (Phi) is 2.55. The second-order valence-electron chi connectivity index (χ2n) is 3.09. The first-order chi connectivity index (χ1) is 7.09. The maximum atomic E-state index is 11.0. The van der Waals surface area contributed by atoms with Crippen LogP contribution < -0.4 is 0 Å². The van der Waals surface area contributed by atoms with E-state index in [2.05, 4.69) is 0 Å². The highest BCUT2D eigenvalue weighted by atomic mass is 35.5. The summed E-state index contributed by atoms with van der Waals surface area (Å²) in [5.74, 6) is -0.987. The minimum atomic E-state index is -0.987. The fourth-order valence-corrected chi connectivity index (χ4v) is 2.05. The number of carbonyl (C=O) groups is 1. The normalized spacial score (nSPS) is 10.5. The maximum Gasteiger partial charge on any atom is 0.336 e. The lowest BCUT2D eigenvalue weighted by atomic mass is 10.0. The van der Waals surface area contributed by atoms with E-state index in [0.29, 0.717) is 20.8 Å². The van der Waals surface area contributed by atoms with Crippen LogP contribution in [-0.4, -0.2) is 11.1 Å². The lowest BCUT2D eigenvalue weighted by Crippen LogP contribution is -1.97. The van der Waals surface area contributed by atoms with Crippen molar-refractivity contribution in [2.75, 3.05) is 0 Å². The molecule has 0 bridgehead atoms. The molecule has 0 heterocycles. The Labute approximate surface area is 96.0 Å². The van der Waals surface area contributed by atoms with Crippen LogP contribution in [0.5, 0.6) is 0 Å². The molecule has 2 aromatic carbocycles. The molecule has 0 aromatic heterocycles. The van der Waals surface area contributed by atoms with Crippen molar-refractivity contribution in [2.24, 2.45) is 0 Å². The van der Waals surface area contributed by atoms with Gasteiger partial charge in [-0.15, -0.1) is 0 Å². The predicted molar refractivity (Wildman–Crippen MR) is 60.9 cm³/mol. The largest absolute Gasteiger partial charge is 0.478 e. The molecular formula is C11H6Cl2O2. The summed E-state index contributed by atoms with van der Waals surface area (Å²) >= 11 is 11.8. The smallest absolute Gasteiger partial charge is 0.336 e. The summed E-state index contributed by atoms with van der Waals surface area (Å²) in [7, 11) is 0. The van der Waals surface area contributed by atoms with Crippen LogP contribution in [0.15, 0.2) is 30.3 Å². The molecule has 0 aliphatic heterocycles. The fraction of sp³-hybridized carbons (Fsp3) is 0. The molecule has 0 saturated carbocycles. The van der Waals surface area contributed by atoms with Gasteiger partial charge >= 0.3 is 5.97 Å². The van der Waals surface area contributed by atoms with Gasteiger partial charge in [0.15, 0.2) is 0 Å². The molecule has 0 fully saturated rings. The average Bonchev–Trinajstić information content (AvgIpc) is 2.16. The van der Waals surface area contributed by atoms with Gasteiger partial charge in [0, 0.05) is 15.4 Å². The van der Waals surface area contributed by atoms with E-state index in [-0.39, 0.29) is 5.56 Å². The van der Waals surface area contributed by atoms with Crippen molar-refractivity contribution in [1.29, 1.82) is 0 Å². The van der Waals surface area contributed by atoms with Gasteiger partial charge in [-0.2, -0.15) is 0 Å². The van der Waals surface area contributed by atoms with Gasteiger partial charge < -0.3 is 5.11 Å². The number of aromatic carboxylic acids is 1. The molecule has 4 heteroatoms. The van der Waals surface area contributed by atoms with E-state index in [1.54, 1.807) is 24.3 Å². The Morgan fingerprint density at radius 2 is 1.87 bits per heavy atom. The van der Waals surface area contributed by atoms with Crippen LogP contribution in [0.1, 0.15) is 10.4 Å². The van der Waals surface area contributed by atoms with Crippen molar-refractivity contribution >= 4 is 39.9 Å². The number of fused-ring (bicyclic) bond motifs is 1. The van der Waals surface area contributed by atoms with Crippen LogP contribution in [-0.2, 0) is 0 Å². The molecule has 0 radical (unpaired) electrons. The van der Waals surface area contributed by atoms with Crippen molar-refractivity contribution in [3.63, 3.8) is 0 Å². The molecule has 2 nitrogen and oxygen atoms in total. The zero-order valence-electron chi connectivity index (χ0n) is 7.50. The molecule has 76 valence electrons. The van der Waals surface area contributed by atoms with Gasteiger partial charge in [0.25, 0.3) is 0 Å². The minimum absolute atomic E-state index is 0.205. The summed E-state index contributed by atoms with van der Waals surface area (Å²) in [4.78, 5) is 11.0. The molecule has 2 rings (SSSR count). The molecule has 0 amide bonds. The highest BCUT2D eigenvalue weighted by Gasteiger charge is 2.10. The Morgan fingerprint density at radius 1 is 1.13 bits per heavy atom. The van der Waals surface area contributed by atoms with Gasteiger partial charge in [0.05, 0.1) is 5.56 Å². The molecule has 0 spiro atoms. The molecule has 2 aromatic rings. The third-order valence-corrected chi connectivity index (χ3v) is 2.67. The van der Waals surface area contributed by atoms with Crippen molar-refractivity contribution in [3.8, 4) is 0 Å². The summed E-state index contributed by atoms with van der Waals surface area (Å²) in [5.41, 5.74) is 0.205. The summed E-state index contributed by atoms with van der Waals surface area (Å²) in [5, 5.41) is 11.1. The Balaban J connectivity index is 2.91. The fourth-order valence-electron chi connectivity index (χ4n) is 1.49. The average molecular weight is 241 g/mol. The molecule has 15 heavy (non-hydrogen) atoms. The highest BCUT2D eigenvalue weighted by Crippen LogP contribution is 2.29. The Morgan fingerprint density at radius 3 is 2.53 bits per heavy atom. The van der Waals surface area contributed by atoms with Crippen LogP contribution >= 0.6 is 23.2 Å². The highest BCUT2D eigenvalue weighted by molar-refractivity contribution is 6.39. The number of rotatable bonds is 1. The summed E-state index contributed by atoms with van der Waals surface area (Å²) in [6, 6.07) is 8.15. The van der Waals surface area contributed by atoms with Gasteiger partial charge in [0.1, 0.15) is 0 Å². The van der Waals surface area contributed by atoms with Crippen molar-refractivity contribution in [3.05, 3.63) is 45.9 Å². The van der Waals surface area contributed by atoms with Crippen LogP contribution in [0.2, 0.25) is 10.0 Å². The molecular weight excluding hydrogens is 235 g/mol. The Bertz CT molecular complexity index is 550.